The molecule has 2 unspecified atom stereocenters. The van der Waals surface area contributed by atoms with E-state index in [1.807, 2.05) is 0 Å². The summed E-state index contributed by atoms with van der Waals surface area (Å²) in [5.74, 6) is -0.0914. The number of halogens is 2. The predicted octanol–water partition coefficient (Wildman–Crippen LogP) is 5.87. The van der Waals surface area contributed by atoms with Gasteiger partial charge < -0.3 is 10.2 Å². The first-order valence-corrected chi connectivity index (χ1v) is 10.3. The number of para-hydroxylation sites is 1. The van der Waals surface area contributed by atoms with E-state index in [-0.39, 0.29) is 18.0 Å². The van der Waals surface area contributed by atoms with Crippen molar-refractivity contribution in [2.45, 2.75) is 51.6 Å². The van der Waals surface area contributed by atoms with Gasteiger partial charge in [-0.1, -0.05) is 54.2 Å². The molecule has 0 aromatic heterocycles. The van der Waals surface area contributed by atoms with E-state index < -0.39 is 0 Å². The molecule has 0 aliphatic heterocycles. The van der Waals surface area contributed by atoms with Crippen molar-refractivity contribution in [1.29, 1.82) is 0 Å². The van der Waals surface area contributed by atoms with Crippen LogP contribution in [0.4, 0.5) is 5.69 Å². The third kappa shape index (κ3) is 4.59. The van der Waals surface area contributed by atoms with Crippen molar-refractivity contribution in [2.24, 2.45) is 0 Å². The van der Waals surface area contributed by atoms with Crippen molar-refractivity contribution in [3.05, 3.63) is 63.6 Å². The van der Waals surface area contributed by atoms with Crippen molar-refractivity contribution in [3.8, 4) is 0 Å². The van der Waals surface area contributed by atoms with Crippen LogP contribution < -0.4 is 10.2 Å². The molecular formula is C22H26Cl2N2O. The number of carbonyl (C=O) groups is 1. The number of hydrogen-bond acceptors (Lipinski definition) is 2. The molecule has 1 aliphatic rings. The van der Waals surface area contributed by atoms with Gasteiger partial charge in [-0.25, -0.2) is 0 Å². The SMILES string of the molecule is CCN(c1ccccc1C)C1CCCCC1NC(=O)c1ccc(Cl)c(Cl)c1. The molecule has 2 aromatic carbocycles. The Morgan fingerprint density at radius 1 is 1.11 bits per heavy atom. The summed E-state index contributed by atoms with van der Waals surface area (Å²) in [7, 11) is 0. The first-order chi connectivity index (χ1) is 13.0. The van der Waals surface area contributed by atoms with E-state index in [1.165, 1.54) is 17.7 Å². The molecular weight excluding hydrogens is 379 g/mol. The van der Waals surface area contributed by atoms with Gasteiger partial charge in [-0.3, -0.25) is 4.79 Å². The average molecular weight is 405 g/mol. The van der Waals surface area contributed by atoms with Crippen LogP contribution in [-0.2, 0) is 0 Å². The lowest BCUT2D eigenvalue weighted by atomic mass is 9.88. The Morgan fingerprint density at radius 2 is 1.85 bits per heavy atom. The Kier molecular flexibility index (Phi) is 6.67. The standard InChI is InChI=1S/C22H26Cl2N2O/c1-3-26(20-10-6-4-8-15(20)2)21-11-7-5-9-19(21)25-22(27)16-12-13-17(23)18(24)14-16/h4,6,8,10,12-14,19,21H,3,5,7,9,11H2,1-2H3,(H,25,27). The molecule has 144 valence electrons. The summed E-state index contributed by atoms with van der Waals surface area (Å²) in [6.45, 7) is 5.23. The number of anilines is 1. The minimum atomic E-state index is -0.0914. The molecule has 1 fully saturated rings. The topological polar surface area (TPSA) is 32.3 Å². The van der Waals surface area contributed by atoms with E-state index in [0.29, 0.717) is 15.6 Å². The number of amides is 1. The molecule has 0 spiro atoms. The molecule has 27 heavy (non-hydrogen) atoms. The largest absolute Gasteiger partial charge is 0.367 e. The van der Waals surface area contributed by atoms with Crippen LogP contribution in [0.15, 0.2) is 42.5 Å². The van der Waals surface area contributed by atoms with Crippen molar-refractivity contribution in [3.63, 3.8) is 0 Å². The first-order valence-electron chi connectivity index (χ1n) is 9.59. The number of likely N-dealkylation sites (N-methyl/N-ethyl adjacent to an activating group) is 1. The molecule has 1 aliphatic carbocycles. The second-order valence-electron chi connectivity index (χ2n) is 7.13. The maximum atomic E-state index is 12.8. The number of nitrogens with one attached hydrogen (secondary N) is 1. The Bertz CT molecular complexity index is 809. The third-order valence-electron chi connectivity index (χ3n) is 5.39. The fourth-order valence-electron chi connectivity index (χ4n) is 4.01. The number of benzene rings is 2. The molecule has 2 atom stereocenters. The number of hydrogen-bond donors (Lipinski definition) is 1. The van der Waals surface area contributed by atoms with Crippen LogP contribution in [0.2, 0.25) is 10.0 Å². The fourth-order valence-corrected chi connectivity index (χ4v) is 4.31. The minimum Gasteiger partial charge on any atom is -0.367 e. The highest BCUT2D eigenvalue weighted by Gasteiger charge is 2.31. The summed E-state index contributed by atoms with van der Waals surface area (Å²) >= 11 is 12.1. The maximum absolute atomic E-state index is 12.8. The van der Waals surface area contributed by atoms with Gasteiger partial charge in [-0.15, -0.1) is 0 Å². The van der Waals surface area contributed by atoms with Crippen LogP contribution in [0.25, 0.3) is 0 Å². The van der Waals surface area contributed by atoms with E-state index in [4.69, 9.17) is 23.2 Å². The smallest absolute Gasteiger partial charge is 0.251 e. The highest BCUT2D eigenvalue weighted by molar-refractivity contribution is 6.42. The maximum Gasteiger partial charge on any atom is 0.251 e. The molecule has 1 saturated carbocycles. The fraction of sp³-hybridized carbons (Fsp3) is 0.409. The highest BCUT2D eigenvalue weighted by atomic mass is 35.5. The molecule has 0 radical (unpaired) electrons. The third-order valence-corrected chi connectivity index (χ3v) is 6.13. The van der Waals surface area contributed by atoms with Crippen LogP contribution in [-0.4, -0.2) is 24.5 Å². The van der Waals surface area contributed by atoms with Crippen molar-refractivity contribution < 1.29 is 4.79 Å². The van der Waals surface area contributed by atoms with Gasteiger partial charge in [-0.2, -0.15) is 0 Å². The van der Waals surface area contributed by atoms with Gasteiger partial charge in [0.1, 0.15) is 0 Å². The van der Waals surface area contributed by atoms with Gasteiger partial charge in [-0.05, 0) is 56.5 Å². The number of rotatable bonds is 5. The van der Waals surface area contributed by atoms with Gasteiger partial charge in [0.05, 0.1) is 10.0 Å². The molecule has 0 heterocycles. The van der Waals surface area contributed by atoms with Gasteiger partial charge in [0, 0.05) is 29.9 Å². The first kappa shape index (κ1) is 20.0. The molecule has 1 N–H and O–H groups in total. The van der Waals surface area contributed by atoms with Gasteiger partial charge in [0.15, 0.2) is 0 Å². The predicted molar refractivity (Wildman–Crippen MR) is 114 cm³/mol. The average Bonchev–Trinajstić information content (AvgIpc) is 2.67. The lowest BCUT2D eigenvalue weighted by Crippen LogP contribution is -2.53. The zero-order valence-corrected chi connectivity index (χ0v) is 17.4. The normalized spacial score (nSPS) is 19.6. The molecule has 3 nitrogen and oxygen atoms in total. The van der Waals surface area contributed by atoms with Crippen molar-refractivity contribution >= 4 is 34.8 Å². The van der Waals surface area contributed by atoms with E-state index >= 15 is 0 Å². The van der Waals surface area contributed by atoms with Crippen LogP contribution in [0.5, 0.6) is 0 Å². The zero-order chi connectivity index (χ0) is 19.4. The van der Waals surface area contributed by atoms with E-state index in [9.17, 15) is 4.79 Å². The Balaban J connectivity index is 1.81. The summed E-state index contributed by atoms with van der Waals surface area (Å²) in [6, 6.07) is 13.9. The summed E-state index contributed by atoms with van der Waals surface area (Å²) < 4.78 is 0. The van der Waals surface area contributed by atoms with E-state index in [1.54, 1.807) is 18.2 Å². The summed E-state index contributed by atoms with van der Waals surface area (Å²) in [5.41, 5.74) is 3.06. The molecule has 3 rings (SSSR count). The van der Waals surface area contributed by atoms with Crippen LogP contribution >= 0.6 is 23.2 Å². The second kappa shape index (κ2) is 8.99. The summed E-state index contributed by atoms with van der Waals surface area (Å²) in [6.07, 6.45) is 4.38. The Hall–Kier alpha value is -1.71. The summed E-state index contributed by atoms with van der Waals surface area (Å²) in [4.78, 5) is 15.2. The zero-order valence-electron chi connectivity index (χ0n) is 15.8. The highest BCUT2D eigenvalue weighted by Crippen LogP contribution is 2.30. The van der Waals surface area contributed by atoms with E-state index in [0.717, 1.165) is 25.8 Å². The number of nitrogens with zero attached hydrogens (tertiary/aromatic N) is 1. The quantitative estimate of drug-likeness (QED) is 0.675. The lowest BCUT2D eigenvalue weighted by molar-refractivity contribution is 0.0920. The van der Waals surface area contributed by atoms with Gasteiger partial charge >= 0.3 is 0 Å². The molecule has 0 bridgehead atoms. The van der Waals surface area contributed by atoms with Crippen LogP contribution in [0, 0.1) is 6.92 Å². The van der Waals surface area contributed by atoms with Crippen LogP contribution in [0.1, 0.15) is 48.5 Å². The van der Waals surface area contributed by atoms with Crippen molar-refractivity contribution in [1.82, 2.24) is 5.32 Å². The Morgan fingerprint density at radius 3 is 2.56 bits per heavy atom. The minimum absolute atomic E-state index is 0.0914. The lowest BCUT2D eigenvalue weighted by Gasteiger charge is -2.41. The van der Waals surface area contributed by atoms with Crippen molar-refractivity contribution in [2.75, 3.05) is 11.4 Å². The molecule has 0 saturated heterocycles. The monoisotopic (exact) mass is 404 g/mol. The molecule has 1 amide bonds. The number of aryl methyl sites for hydroxylation is 1. The number of carbonyl (C=O) groups excluding carboxylic acids is 1. The summed E-state index contributed by atoms with van der Waals surface area (Å²) in [5, 5.41) is 4.11. The Labute approximate surface area is 171 Å². The molecule has 2 aromatic rings. The van der Waals surface area contributed by atoms with Gasteiger partial charge in [0.25, 0.3) is 5.91 Å². The van der Waals surface area contributed by atoms with Gasteiger partial charge in [0.2, 0.25) is 0 Å². The van der Waals surface area contributed by atoms with E-state index in [2.05, 4.69) is 48.3 Å². The second-order valence-corrected chi connectivity index (χ2v) is 7.95. The van der Waals surface area contributed by atoms with Crippen LogP contribution in [0.3, 0.4) is 0 Å². The molecule has 5 heteroatoms.